The van der Waals surface area contributed by atoms with Gasteiger partial charge in [0, 0.05) is 35.5 Å². The first-order valence-electron chi connectivity index (χ1n) is 10.4. The Morgan fingerprint density at radius 2 is 2.07 bits per heavy atom. The lowest BCUT2D eigenvalue weighted by atomic mass is 9.79. The van der Waals surface area contributed by atoms with Crippen LogP contribution in [0.5, 0.6) is 0 Å². The van der Waals surface area contributed by atoms with Gasteiger partial charge in [0.1, 0.15) is 5.70 Å². The van der Waals surface area contributed by atoms with Gasteiger partial charge in [0.2, 0.25) is 5.91 Å². The van der Waals surface area contributed by atoms with Crippen LogP contribution in [0, 0.1) is 11.8 Å². The molecule has 4 aliphatic rings. The normalized spacial score (nSPS) is 37.9. The molecule has 0 aromatic rings. The molecule has 0 saturated carbocycles. The monoisotopic (exact) mass is 410 g/mol. The van der Waals surface area contributed by atoms with Crippen molar-refractivity contribution in [1.29, 1.82) is 0 Å². The van der Waals surface area contributed by atoms with Gasteiger partial charge in [-0.1, -0.05) is 6.92 Å². The molecule has 0 unspecified atom stereocenters. The molecule has 0 aliphatic carbocycles. The lowest BCUT2D eigenvalue weighted by molar-refractivity contribution is -0.898. The predicted molar refractivity (Wildman–Crippen MR) is 107 cm³/mol. The van der Waals surface area contributed by atoms with Crippen molar-refractivity contribution in [3.8, 4) is 0 Å². The highest BCUT2D eigenvalue weighted by Gasteiger charge is 2.60. The summed E-state index contributed by atoms with van der Waals surface area (Å²) in [4.78, 5) is 26.6. The van der Waals surface area contributed by atoms with Gasteiger partial charge in [-0.05, 0) is 13.3 Å². The van der Waals surface area contributed by atoms with Gasteiger partial charge in [0.15, 0.2) is 0 Å². The van der Waals surface area contributed by atoms with Crippen LogP contribution in [-0.2, 0) is 9.59 Å². The van der Waals surface area contributed by atoms with Crippen LogP contribution in [0.15, 0.2) is 10.6 Å². The molecular formula is C20H32N3O4S+. The number of carbonyl (C=O) groups is 2. The number of aliphatic hydroxyl groups is 1. The van der Waals surface area contributed by atoms with Gasteiger partial charge >= 0.3 is 5.97 Å². The predicted octanol–water partition coefficient (Wildman–Crippen LogP) is 0.844. The number of quaternary nitrogens is 1. The first-order chi connectivity index (χ1) is 13.2. The molecule has 3 N–H and O–H groups in total. The van der Waals surface area contributed by atoms with E-state index in [2.05, 4.69) is 12.4 Å². The highest BCUT2D eigenvalue weighted by atomic mass is 32.2. The van der Waals surface area contributed by atoms with Crippen molar-refractivity contribution in [2.24, 2.45) is 11.8 Å². The Morgan fingerprint density at radius 1 is 1.39 bits per heavy atom. The highest BCUT2D eigenvalue weighted by Crippen LogP contribution is 2.51. The third-order valence-corrected chi connectivity index (χ3v) is 8.60. The first kappa shape index (κ1) is 20.2. The van der Waals surface area contributed by atoms with E-state index >= 15 is 0 Å². The Balaban J connectivity index is 1.45. The molecule has 7 nitrogen and oxygen atoms in total. The quantitative estimate of drug-likeness (QED) is 0.444. The van der Waals surface area contributed by atoms with Gasteiger partial charge in [-0.2, -0.15) is 0 Å². The van der Waals surface area contributed by atoms with E-state index in [-0.39, 0.29) is 23.6 Å². The topological polar surface area (TPSA) is 89.9 Å². The molecule has 0 radical (unpaired) electrons. The van der Waals surface area contributed by atoms with Crippen molar-refractivity contribution < 1.29 is 24.3 Å². The zero-order valence-electron chi connectivity index (χ0n) is 16.9. The number of carboxylic acid groups (broad SMARTS) is 1. The standard InChI is InChI=1S/C20H31N3O4S/c1-11-16-15(12(2)24)19(25)22(16)17(20(26)27)18(11)28-14-8-13(21-9-14)10-23(3)6-4-5-7-23/h11-16,21,24H,4-10H2,1-3H3/p+1/t11-,12-,13+,14+,15-,16-/m1/s1. The summed E-state index contributed by atoms with van der Waals surface area (Å²) in [6.45, 7) is 8.12. The number of hydrogen-bond acceptors (Lipinski definition) is 5. The minimum atomic E-state index is -1.04. The maximum absolute atomic E-state index is 12.5. The summed E-state index contributed by atoms with van der Waals surface area (Å²) < 4.78 is 1.13. The van der Waals surface area contributed by atoms with Crippen LogP contribution >= 0.6 is 11.8 Å². The number of rotatable bonds is 6. The number of carboxylic acids is 1. The van der Waals surface area contributed by atoms with Crippen LogP contribution in [0.4, 0.5) is 0 Å². The summed E-state index contributed by atoms with van der Waals surface area (Å²) in [5.41, 5.74) is 0.145. The van der Waals surface area contributed by atoms with Crippen LogP contribution in [0.2, 0.25) is 0 Å². The number of fused-ring (bicyclic) bond motifs is 1. The van der Waals surface area contributed by atoms with Gasteiger partial charge in [-0.25, -0.2) is 4.79 Å². The molecule has 8 heteroatoms. The molecule has 1 amide bonds. The molecule has 0 spiro atoms. The third kappa shape index (κ3) is 3.28. The minimum Gasteiger partial charge on any atom is -0.477 e. The minimum absolute atomic E-state index is 0.0458. The summed E-state index contributed by atoms with van der Waals surface area (Å²) in [7, 11) is 2.34. The number of nitrogens with one attached hydrogen (secondary N) is 1. The Kier molecular flexibility index (Phi) is 5.27. The average molecular weight is 411 g/mol. The molecule has 3 fully saturated rings. The van der Waals surface area contributed by atoms with Crippen molar-refractivity contribution in [2.75, 3.05) is 33.2 Å². The largest absolute Gasteiger partial charge is 0.477 e. The summed E-state index contributed by atoms with van der Waals surface area (Å²) in [5, 5.41) is 23.7. The smallest absolute Gasteiger partial charge is 0.353 e. The van der Waals surface area contributed by atoms with Crippen LogP contribution in [-0.4, -0.2) is 88.1 Å². The van der Waals surface area contributed by atoms with E-state index in [0.717, 1.165) is 28.9 Å². The molecular weight excluding hydrogens is 378 g/mol. The second-order valence-electron chi connectivity index (χ2n) is 9.31. The second-order valence-corrected chi connectivity index (χ2v) is 10.7. The van der Waals surface area contributed by atoms with Crippen LogP contribution in [0.25, 0.3) is 0 Å². The number of nitrogens with zero attached hydrogens (tertiary/aromatic N) is 2. The van der Waals surface area contributed by atoms with Crippen molar-refractivity contribution in [3.63, 3.8) is 0 Å². The van der Waals surface area contributed by atoms with Crippen molar-refractivity contribution in [1.82, 2.24) is 10.2 Å². The summed E-state index contributed by atoms with van der Waals surface area (Å²) >= 11 is 1.64. The van der Waals surface area contributed by atoms with Crippen molar-refractivity contribution in [3.05, 3.63) is 10.6 Å². The number of aliphatic carboxylic acids is 1. The SMILES string of the molecule is C[C@@H](O)[C@H]1C(=O)N2C(C(=O)O)=C(S[C@@H]3CN[C@H](C[N+]4(C)CCCC4)C3)[C@H](C)[C@H]12. The molecule has 4 heterocycles. The molecule has 0 bridgehead atoms. The van der Waals surface area contributed by atoms with Crippen molar-refractivity contribution in [2.45, 2.75) is 56.5 Å². The lowest BCUT2D eigenvalue weighted by Crippen LogP contribution is -2.63. The number of likely N-dealkylation sites (tertiary alicyclic amines) is 1. The molecule has 6 atom stereocenters. The van der Waals surface area contributed by atoms with E-state index in [1.165, 1.54) is 30.8 Å². The second kappa shape index (κ2) is 7.31. The van der Waals surface area contributed by atoms with E-state index in [1.807, 2.05) is 6.92 Å². The number of likely N-dealkylation sites (N-methyl/N-ethyl adjacent to an activating group) is 1. The van der Waals surface area contributed by atoms with Gasteiger partial charge in [-0.3, -0.25) is 4.79 Å². The fourth-order valence-electron chi connectivity index (χ4n) is 5.68. The van der Waals surface area contributed by atoms with Gasteiger partial charge in [-0.15, -0.1) is 11.8 Å². The number of hydrogen-bond donors (Lipinski definition) is 3. The Labute approximate surface area is 170 Å². The molecule has 0 aromatic heterocycles. The van der Waals surface area contributed by atoms with E-state index in [0.29, 0.717) is 11.3 Å². The molecule has 28 heavy (non-hydrogen) atoms. The average Bonchev–Trinajstić information content (AvgIpc) is 3.28. The third-order valence-electron chi connectivity index (χ3n) is 7.09. The Morgan fingerprint density at radius 3 is 2.68 bits per heavy atom. The number of carbonyl (C=O) groups excluding carboxylic acids is 1. The zero-order chi connectivity index (χ0) is 20.2. The van der Waals surface area contributed by atoms with Gasteiger partial charge < -0.3 is 24.9 Å². The molecule has 0 aromatic carbocycles. The fraction of sp³-hybridized carbons (Fsp3) is 0.800. The maximum Gasteiger partial charge on any atom is 0.353 e. The molecule has 4 aliphatic heterocycles. The van der Waals surface area contributed by atoms with E-state index in [4.69, 9.17) is 0 Å². The first-order valence-corrected chi connectivity index (χ1v) is 11.3. The van der Waals surface area contributed by atoms with E-state index < -0.39 is 18.0 Å². The molecule has 156 valence electrons. The summed E-state index contributed by atoms with van der Waals surface area (Å²) in [6.07, 6.45) is 2.89. The lowest BCUT2D eigenvalue weighted by Gasteiger charge is -2.46. The van der Waals surface area contributed by atoms with Gasteiger partial charge in [0.05, 0.1) is 50.8 Å². The number of thioether (sulfide) groups is 1. The number of aliphatic hydroxyl groups excluding tert-OH is 1. The molecule has 3 saturated heterocycles. The Hall–Kier alpha value is -1.09. The Bertz CT molecular complexity index is 704. The van der Waals surface area contributed by atoms with Crippen LogP contribution in [0.1, 0.15) is 33.1 Å². The van der Waals surface area contributed by atoms with E-state index in [1.54, 1.807) is 18.7 Å². The zero-order valence-corrected chi connectivity index (χ0v) is 17.7. The summed E-state index contributed by atoms with van der Waals surface area (Å²) in [6, 6.07) is 0.246. The van der Waals surface area contributed by atoms with Crippen molar-refractivity contribution >= 4 is 23.6 Å². The summed E-state index contributed by atoms with van der Waals surface area (Å²) in [5.74, 6) is -1.83. The molecule has 4 rings (SSSR count). The van der Waals surface area contributed by atoms with E-state index in [9.17, 15) is 19.8 Å². The number of amides is 1. The maximum atomic E-state index is 12.5. The van der Waals surface area contributed by atoms with Crippen LogP contribution < -0.4 is 5.32 Å². The fourth-order valence-corrected chi connectivity index (χ4v) is 7.20. The number of β-lactam (4-membered cyclic amide) rings is 1. The van der Waals surface area contributed by atoms with Gasteiger partial charge in [0.25, 0.3) is 0 Å². The highest BCUT2D eigenvalue weighted by molar-refractivity contribution is 8.03. The van der Waals surface area contributed by atoms with Crippen LogP contribution in [0.3, 0.4) is 0 Å².